The molecular formula is C15H28N4O4. The molecule has 0 unspecified atom stereocenters. The van der Waals surface area contributed by atoms with Crippen LogP contribution in [0.5, 0.6) is 0 Å². The first-order valence-electron chi connectivity index (χ1n) is 7.79. The van der Waals surface area contributed by atoms with E-state index < -0.39 is 11.9 Å². The number of hydrazine groups is 1. The van der Waals surface area contributed by atoms with E-state index in [0.29, 0.717) is 12.4 Å². The molecule has 5 N–H and O–H groups in total. The van der Waals surface area contributed by atoms with Crippen molar-refractivity contribution in [2.45, 2.75) is 51.9 Å². The monoisotopic (exact) mass is 328 g/mol. The van der Waals surface area contributed by atoms with Crippen LogP contribution < -0.4 is 17.1 Å². The van der Waals surface area contributed by atoms with Crippen LogP contribution in [0.1, 0.15) is 51.9 Å². The summed E-state index contributed by atoms with van der Waals surface area (Å²) in [6.45, 7) is 6.07. The Kier molecular flexibility index (Phi) is 12.3. The summed E-state index contributed by atoms with van der Waals surface area (Å²) in [5, 5.41) is 3.35. The van der Waals surface area contributed by atoms with Gasteiger partial charge in [0, 0.05) is 12.0 Å². The van der Waals surface area contributed by atoms with Crippen LogP contribution in [0, 0.1) is 0 Å². The molecule has 0 saturated heterocycles. The minimum atomic E-state index is -0.654. The first-order chi connectivity index (χ1) is 11.0. The highest BCUT2D eigenvalue weighted by Crippen LogP contribution is 2.06. The van der Waals surface area contributed by atoms with Crippen LogP contribution in [0.2, 0.25) is 0 Å². The van der Waals surface area contributed by atoms with E-state index in [-0.39, 0.29) is 25.0 Å². The highest BCUT2D eigenvalue weighted by atomic mass is 16.5. The van der Waals surface area contributed by atoms with Gasteiger partial charge < -0.3 is 20.7 Å². The molecule has 0 amide bonds. The fourth-order valence-electron chi connectivity index (χ4n) is 1.71. The zero-order valence-electron chi connectivity index (χ0n) is 13.8. The molecule has 132 valence electrons. The number of ether oxygens (including phenoxy) is 2. The topological polar surface area (TPSA) is 129 Å². The van der Waals surface area contributed by atoms with E-state index in [1.54, 1.807) is 0 Å². The number of hydrogen-bond acceptors (Lipinski definition) is 7. The van der Waals surface area contributed by atoms with Gasteiger partial charge in [0.2, 0.25) is 0 Å². The largest absolute Gasteiger partial charge is 0.465 e. The smallest absolute Gasteiger partial charge is 0.334 e. The van der Waals surface area contributed by atoms with E-state index in [1.165, 1.54) is 12.8 Å². The summed E-state index contributed by atoms with van der Waals surface area (Å²) in [5.74, 6) is 9.33. The van der Waals surface area contributed by atoms with E-state index in [1.807, 2.05) is 0 Å². The fraction of sp³-hybridized carbons (Fsp3) is 0.667. The Hall–Kier alpha value is -2.09. The van der Waals surface area contributed by atoms with Crippen molar-refractivity contribution in [3.05, 3.63) is 12.2 Å². The van der Waals surface area contributed by atoms with E-state index in [2.05, 4.69) is 24.0 Å². The van der Waals surface area contributed by atoms with Gasteiger partial charge in [-0.25, -0.2) is 10.6 Å². The van der Waals surface area contributed by atoms with E-state index >= 15 is 0 Å². The summed E-state index contributed by atoms with van der Waals surface area (Å²) in [4.78, 5) is 23.2. The number of amidine groups is 1. The Morgan fingerprint density at radius 1 is 1.13 bits per heavy atom. The molecule has 23 heavy (non-hydrogen) atoms. The Morgan fingerprint density at radius 3 is 2.43 bits per heavy atom. The van der Waals surface area contributed by atoms with Crippen molar-refractivity contribution in [3.8, 4) is 0 Å². The standard InChI is InChI=1S/C15H28N4O4/c1-3-4-5-6-7-9-22-14(20)11-12(2)15(21)23-10-8-13(18-16)19-17/h2-11,16-17H2,1H3,(H,18,19). The summed E-state index contributed by atoms with van der Waals surface area (Å²) >= 11 is 0. The number of nitrogens with two attached hydrogens (primary N) is 2. The predicted molar refractivity (Wildman–Crippen MR) is 88.0 cm³/mol. The molecule has 0 bridgehead atoms. The molecule has 0 aliphatic carbocycles. The number of hydrogen-bond donors (Lipinski definition) is 3. The zero-order chi connectivity index (χ0) is 17.5. The quantitative estimate of drug-likeness (QED) is 0.0930. The molecule has 0 spiro atoms. The highest BCUT2D eigenvalue weighted by Gasteiger charge is 2.14. The molecule has 8 heteroatoms. The second kappa shape index (κ2) is 13.6. The molecular weight excluding hydrogens is 300 g/mol. The number of carbonyl (C=O) groups is 2. The summed E-state index contributed by atoms with van der Waals surface area (Å²) in [5.41, 5.74) is 2.31. The molecule has 0 aliphatic heterocycles. The van der Waals surface area contributed by atoms with Crippen LogP contribution in [0.4, 0.5) is 0 Å². The van der Waals surface area contributed by atoms with Crippen LogP contribution in [0.15, 0.2) is 17.3 Å². The number of nitrogens with one attached hydrogen (secondary N) is 1. The lowest BCUT2D eigenvalue weighted by Crippen LogP contribution is -2.32. The van der Waals surface area contributed by atoms with Crippen LogP contribution in [-0.4, -0.2) is 31.0 Å². The molecule has 0 aliphatic rings. The van der Waals surface area contributed by atoms with Gasteiger partial charge in [0.15, 0.2) is 0 Å². The summed E-state index contributed by atoms with van der Waals surface area (Å²) in [7, 11) is 0. The molecule has 0 aromatic heterocycles. The zero-order valence-corrected chi connectivity index (χ0v) is 13.8. The maximum atomic E-state index is 11.6. The molecule has 0 radical (unpaired) electrons. The van der Waals surface area contributed by atoms with Crippen LogP contribution >= 0.6 is 0 Å². The van der Waals surface area contributed by atoms with Gasteiger partial charge in [0.05, 0.1) is 19.6 Å². The highest BCUT2D eigenvalue weighted by molar-refractivity contribution is 5.93. The fourth-order valence-corrected chi connectivity index (χ4v) is 1.71. The minimum Gasteiger partial charge on any atom is -0.465 e. The lowest BCUT2D eigenvalue weighted by molar-refractivity contribution is -0.146. The average molecular weight is 328 g/mol. The molecule has 0 aromatic rings. The Morgan fingerprint density at radius 2 is 1.83 bits per heavy atom. The Bertz CT molecular complexity index is 410. The molecule has 0 atom stereocenters. The first-order valence-corrected chi connectivity index (χ1v) is 7.79. The lowest BCUT2D eigenvalue weighted by Gasteiger charge is -2.08. The molecule has 0 heterocycles. The van der Waals surface area contributed by atoms with E-state index in [0.717, 1.165) is 19.3 Å². The minimum absolute atomic E-state index is 0.0323. The number of hydrazone groups is 1. The third-order valence-corrected chi connectivity index (χ3v) is 3.05. The average Bonchev–Trinajstić information content (AvgIpc) is 2.54. The Balaban J connectivity index is 3.81. The van der Waals surface area contributed by atoms with Crippen LogP contribution in [-0.2, 0) is 19.1 Å². The van der Waals surface area contributed by atoms with Gasteiger partial charge in [0.1, 0.15) is 5.84 Å². The lowest BCUT2D eigenvalue weighted by atomic mass is 10.2. The van der Waals surface area contributed by atoms with Crippen molar-refractivity contribution in [3.63, 3.8) is 0 Å². The maximum Gasteiger partial charge on any atom is 0.334 e. The van der Waals surface area contributed by atoms with Crippen molar-refractivity contribution in [2.75, 3.05) is 13.2 Å². The number of carbonyl (C=O) groups excluding carboxylic acids is 2. The summed E-state index contributed by atoms with van der Waals surface area (Å²) < 4.78 is 9.98. The van der Waals surface area contributed by atoms with E-state index in [9.17, 15) is 9.59 Å². The number of nitrogens with zero attached hydrogens (tertiary/aromatic N) is 1. The summed E-state index contributed by atoms with van der Waals surface area (Å²) in [6.07, 6.45) is 5.42. The molecule has 0 saturated carbocycles. The number of esters is 2. The van der Waals surface area contributed by atoms with Crippen molar-refractivity contribution in [1.29, 1.82) is 0 Å². The second-order valence-corrected chi connectivity index (χ2v) is 5.02. The maximum absolute atomic E-state index is 11.6. The van der Waals surface area contributed by atoms with Gasteiger partial charge in [-0.3, -0.25) is 4.79 Å². The summed E-state index contributed by atoms with van der Waals surface area (Å²) in [6, 6.07) is 0. The van der Waals surface area contributed by atoms with Gasteiger partial charge >= 0.3 is 11.9 Å². The number of unbranched alkanes of at least 4 members (excludes halogenated alkanes) is 4. The van der Waals surface area contributed by atoms with Crippen molar-refractivity contribution in [2.24, 2.45) is 16.8 Å². The van der Waals surface area contributed by atoms with Gasteiger partial charge in [-0.1, -0.05) is 39.2 Å². The van der Waals surface area contributed by atoms with Gasteiger partial charge in [0.25, 0.3) is 0 Å². The van der Waals surface area contributed by atoms with E-state index in [4.69, 9.17) is 21.2 Å². The van der Waals surface area contributed by atoms with Crippen LogP contribution in [0.3, 0.4) is 0 Å². The Labute approximate surface area is 137 Å². The molecule has 0 fully saturated rings. The van der Waals surface area contributed by atoms with Gasteiger partial charge in [-0.05, 0) is 6.42 Å². The third-order valence-electron chi connectivity index (χ3n) is 3.05. The third kappa shape index (κ3) is 11.2. The predicted octanol–water partition coefficient (Wildman–Crippen LogP) is 1.12. The van der Waals surface area contributed by atoms with Gasteiger partial charge in [-0.15, -0.1) is 0 Å². The van der Waals surface area contributed by atoms with Crippen molar-refractivity contribution in [1.82, 2.24) is 5.43 Å². The molecule has 0 rings (SSSR count). The first kappa shape index (κ1) is 20.9. The second-order valence-electron chi connectivity index (χ2n) is 5.02. The normalized spacial score (nSPS) is 11.0. The van der Waals surface area contributed by atoms with Crippen molar-refractivity contribution < 1.29 is 19.1 Å². The van der Waals surface area contributed by atoms with Crippen LogP contribution in [0.25, 0.3) is 0 Å². The molecule has 0 aromatic carbocycles. The molecule has 8 nitrogen and oxygen atoms in total. The number of rotatable bonds is 12. The van der Waals surface area contributed by atoms with Crippen molar-refractivity contribution >= 4 is 17.8 Å². The SMILES string of the molecule is C=C(CC(=O)OCCCCCCC)C(=O)OCC/C(=N/N)NN. The van der Waals surface area contributed by atoms with Gasteiger partial charge in [-0.2, -0.15) is 5.10 Å².